The van der Waals surface area contributed by atoms with E-state index in [1.807, 2.05) is 48.5 Å². The predicted molar refractivity (Wildman–Crippen MR) is 108 cm³/mol. The fraction of sp³-hybridized carbons (Fsp3) is 0.391. The number of carbonyl (C=O) groups excluding carboxylic acids is 1. The maximum Gasteiger partial charge on any atom is 0.250 e. The Morgan fingerprint density at radius 2 is 1.50 bits per heavy atom. The summed E-state index contributed by atoms with van der Waals surface area (Å²) in [4.78, 5) is 19.8. The number of likely N-dealkylation sites (tertiary alicyclic amines) is 1. The van der Waals surface area contributed by atoms with Crippen LogP contribution in [0.2, 0.25) is 0 Å². The van der Waals surface area contributed by atoms with E-state index in [-0.39, 0.29) is 11.4 Å². The summed E-state index contributed by atoms with van der Waals surface area (Å²) in [6.45, 7) is 6.51. The molecule has 2 aromatic carbocycles. The SMILES string of the molecule is CC(C)(C(=NC(=O)Cc1ccccc1)c1ccccc1)N1CCCCC1. The minimum absolute atomic E-state index is 0.0832. The lowest BCUT2D eigenvalue weighted by Crippen LogP contribution is -2.52. The number of nitrogens with zero attached hydrogens (tertiary/aromatic N) is 2. The summed E-state index contributed by atoms with van der Waals surface area (Å²) in [7, 11) is 0. The quantitative estimate of drug-likeness (QED) is 0.745. The molecule has 0 radical (unpaired) electrons. The number of rotatable bonds is 5. The summed E-state index contributed by atoms with van der Waals surface area (Å²) in [6, 6.07) is 20.0. The number of benzene rings is 2. The normalized spacial score (nSPS) is 16.5. The number of piperidine rings is 1. The van der Waals surface area contributed by atoms with Crippen molar-refractivity contribution in [2.45, 2.75) is 45.1 Å². The highest BCUT2D eigenvalue weighted by Crippen LogP contribution is 2.25. The summed E-state index contributed by atoms with van der Waals surface area (Å²) in [5.41, 5.74) is 2.64. The molecule has 3 rings (SSSR count). The maximum absolute atomic E-state index is 12.7. The molecular weight excluding hydrogens is 320 g/mol. The Balaban J connectivity index is 1.91. The molecule has 2 aromatic rings. The molecule has 136 valence electrons. The van der Waals surface area contributed by atoms with Crippen LogP contribution in [0.25, 0.3) is 0 Å². The van der Waals surface area contributed by atoms with Gasteiger partial charge >= 0.3 is 0 Å². The first-order chi connectivity index (χ1) is 12.6. The van der Waals surface area contributed by atoms with Gasteiger partial charge in [-0.3, -0.25) is 9.69 Å². The van der Waals surface area contributed by atoms with Crippen LogP contribution in [0, 0.1) is 0 Å². The Hall–Kier alpha value is -2.26. The number of carbonyl (C=O) groups is 1. The van der Waals surface area contributed by atoms with Crippen molar-refractivity contribution in [3.05, 3.63) is 71.8 Å². The van der Waals surface area contributed by atoms with Gasteiger partial charge in [-0.05, 0) is 50.9 Å². The molecule has 1 saturated heterocycles. The van der Waals surface area contributed by atoms with Crippen LogP contribution >= 0.6 is 0 Å². The fourth-order valence-electron chi connectivity index (χ4n) is 3.69. The third-order valence-electron chi connectivity index (χ3n) is 5.21. The van der Waals surface area contributed by atoms with Gasteiger partial charge in [0, 0.05) is 0 Å². The van der Waals surface area contributed by atoms with Gasteiger partial charge in [0.25, 0.3) is 0 Å². The van der Waals surface area contributed by atoms with Gasteiger partial charge < -0.3 is 0 Å². The zero-order valence-electron chi connectivity index (χ0n) is 15.8. The Bertz CT molecular complexity index is 744. The zero-order chi connectivity index (χ0) is 18.4. The molecule has 1 aliphatic rings. The van der Waals surface area contributed by atoms with Crippen LogP contribution in [-0.2, 0) is 11.2 Å². The molecule has 1 aliphatic heterocycles. The van der Waals surface area contributed by atoms with Gasteiger partial charge in [0.15, 0.2) is 0 Å². The molecule has 0 spiro atoms. The Morgan fingerprint density at radius 3 is 2.12 bits per heavy atom. The molecule has 0 unspecified atom stereocenters. The van der Waals surface area contributed by atoms with Crippen molar-refractivity contribution in [2.75, 3.05) is 13.1 Å². The Morgan fingerprint density at radius 1 is 0.923 bits per heavy atom. The molecule has 1 amide bonds. The minimum Gasteiger partial charge on any atom is -0.293 e. The average molecular weight is 348 g/mol. The first-order valence-corrected chi connectivity index (χ1v) is 9.54. The van der Waals surface area contributed by atoms with Gasteiger partial charge in [-0.1, -0.05) is 67.1 Å². The van der Waals surface area contributed by atoms with Crippen LogP contribution in [0.1, 0.15) is 44.2 Å². The van der Waals surface area contributed by atoms with Gasteiger partial charge in [-0.15, -0.1) is 0 Å². The molecule has 3 heteroatoms. The molecule has 0 aromatic heterocycles. The van der Waals surface area contributed by atoms with E-state index >= 15 is 0 Å². The smallest absolute Gasteiger partial charge is 0.250 e. The lowest BCUT2D eigenvalue weighted by Gasteiger charge is -2.41. The molecule has 1 heterocycles. The van der Waals surface area contributed by atoms with Crippen molar-refractivity contribution in [3.8, 4) is 0 Å². The van der Waals surface area contributed by atoms with Crippen LogP contribution in [-0.4, -0.2) is 35.1 Å². The second-order valence-electron chi connectivity index (χ2n) is 7.49. The molecule has 1 fully saturated rings. The summed E-state index contributed by atoms with van der Waals surface area (Å²) in [5, 5.41) is 0. The molecule has 0 saturated carbocycles. The van der Waals surface area contributed by atoms with E-state index in [0.717, 1.165) is 29.9 Å². The number of aliphatic imine (C=N–C) groups is 1. The summed E-state index contributed by atoms with van der Waals surface area (Å²) < 4.78 is 0. The lowest BCUT2D eigenvalue weighted by atomic mass is 9.88. The topological polar surface area (TPSA) is 32.7 Å². The van der Waals surface area contributed by atoms with Crippen molar-refractivity contribution in [2.24, 2.45) is 4.99 Å². The van der Waals surface area contributed by atoms with Crippen molar-refractivity contribution in [1.82, 2.24) is 4.90 Å². The van der Waals surface area contributed by atoms with E-state index in [2.05, 4.69) is 35.9 Å². The molecular formula is C23H28N2O. The van der Waals surface area contributed by atoms with Crippen LogP contribution in [0.5, 0.6) is 0 Å². The zero-order valence-corrected chi connectivity index (χ0v) is 15.8. The van der Waals surface area contributed by atoms with Gasteiger partial charge in [-0.2, -0.15) is 0 Å². The van der Waals surface area contributed by atoms with Crippen molar-refractivity contribution in [1.29, 1.82) is 0 Å². The van der Waals surface area contributed by atoms with E-state index in [1.54, 1.807) is 0 Å². The number of hydrogen-bond acceptors (Lipinski definition) is 2. The first-order valence-electron chi connectivity index (χ1n) is 9.54. The first kappa shape index (κ1) is 18.5. The van der Waals surface area contributed by atoms with E-state index in [9.17, 15) is 4.79 Å². The molecule has 26 heavy (non-hydrogen) atoms. The van der Waals surface area contributed by atoms with Crippen molar-refractivity contribution in [3.63, 3.8) is 0 Å². The van der Waals surface area contributed by atoms with E-state index in [1.165, 1.54) is 19.3 Å². The van der Waals surface area contributed by atoms with Gasteiger partial charge in [0.05, 0.1) is 17.7 Å². The number of amides is 1. The molecule has 0 bridgehead atoms. The second-order valence-corrected chi connectivity index (χ2v) is 7.49. The maximum atomic E-state index is 12.7. The largest absolute Gasteiger partial charge is 0.293 e. The van der Waals surface area contributed by atoms with Crippen LogP contribution in [0.15, 0.2) is 65.7 Å². The van der Waals surface area contributed by atoms with Crippen molar-refractivity contribution >= 4 is 11.6 Å². The summed E-state index contributed by atoms with van der Waals surface area (Å²) in [5.74, 6) is -0.0832. The second kappa shape index (κ2) is 8.41. The summed E-state index contributed by atoms with van der Waals surface area (Å²) in [6.07, 6.45) is 4.05. The van der Waals surface area contributed by atoms with Crippen LogP contribution in [0.4, 0.5) is 0 Å². The predicted octanol–water partition coefficient (Wildman–Crippen LogP) is 4.51. The average Bonchev–Trinajstić information content (AvgIpc) is 2.68. The Labute approximate surface area is 156 Å². The van der Waals surface area contributed by atoms with Crippen LogP contribution in [0.3, 0.4) is 0 Å². The lowest BCUT2D eigenvalue weighted by molar-refractivity contribution is -0.117. The highest BCUT2D eigenvalue weighted by Gasteiger charge is 2.34. The molecule has 0 N–H and O–H groups in total. The molecule has 3 nitrogen and oxygen atoms in total. The highest BCUT2D eigenvalue weighted by molar-refractivity contribution is 6.11. The van der Waals surface area contributed by atoms with E-state index in [0.29, 0.717) is 6.42 Å². The monoisotopic (exact) mass is 348 g/mol. The van der Waals surface area contributed by atoms with Gasteiger partial charge in [0.2, 0.25) is 5.91 Å². The fourth-order valence-corrected chi connectivity index (χ4v) is 3.69. The molecule has 0 aliphatic carbocycles. The third kappa shape index (κ3) is 4.47. The number of hydrogen-bond donors (Lipinski definition) is 0. The van der Waals surface area contributed by atoms with E-state index < -0.39 is 0 Å². The highest BCUT2D eigenvalue weighted by atomic mass is 16.1. The van der Waals surface area contributed by atoms with Crippen molar-refractivity contribution < 1.29 is 4.79 Å². The minimum atomic E-state index is -0.270. The Kier molecular flexibility index (Phi) is 6.00. The standard InChI is InChI=1S/C23H28N2O/c1-23(2,25-16-10-5-11-17-25)22(20-14-8-4-9-15-20)24-21(26)18-19-12-6-3-7-13-19/h3-4,6-9,12-15H,5,10-11,16-18H2,1-2H3. The van der Waals surface area contributed by atoms with Gasteiger partial charge in [-0.25, -0.2) is 4.99 Å². The molecule has 0 atom stereocenters. The third-order valence-corrected chi connectivity index (χ3v) is 5.21. The van der Waals surface area contributed by atoms with E-state index in [4.69, 9.17) is 0 Å². The van der Waals surface area contributed by atoms with Crippen LogP contribution < -0.4 is 0 Å². The summed E-state index contributed by atoms with van der Waals surface area (Å²) >= 11 is 0. The van der Waals surface area contributed by atoms with Gasteiger partial charge in [0.1, 0.15) is 0 Å².